The molecule has 1 aromatic rings. The van der Waals surface area contributed by atoms with Crippen LogP contribution in [0.1, 0.15) is 12.8 Å². The Morgan fingerprint density at radius 2 is 2.27 bits per heavy atom. The SMILES string of the molecule is Nc1ncnc2c1NCN2[C@@H]1C[C@H](CCP(=O)(O)O)C=C1F. The Labute approximate surface area is 126 Å². The Balaban J connectivity index is 1.72. The molecule has 0 fully saturated rings. The molecule has 0 radical (unpaired) electrons. The van der Waals surface area contributed by atoms with Crippen LogP contribution >= 0.6 is 7.60 Å². The maximum absolute atomic E-state index is 14.2. The van der Waals surface area contributed by atoms with E-state index in [-0.39, 0.29) is 24.3 Å². The van der Waals surface area contributed by atoms with Gasteiger partial charge in [0.2, 0.25) is 0 Å². The number of nitrogens with zero attached hydrogens (tertiary/aromatic N) is 3. The van der Waals surface area contributed by atoms with Crippen molar-refractivity contribution in [2.24, 2.45) is 5.92 Å². The predicted molar refractivity (Wildman–Crippen MR) is 80.0 cm³/mol. The van der Waals surface area contributed by atoms with Gasteiger partial charge in [-0.3, -0.25) is 4.57 Å². The highest BCUT2D eigenvalue weighted by Crippen LogP contribution is 2.42. The number of hydrogen-bond donors (Lipinski definition) is 4. The molecule has 2 aliphatic rings. The summed E-state index contributed by atoms with van der Waals surface area (Å²) in [5.41, 5.74) is 6.35. The number of nitrogen functional groups attached to an aromatic ring is 1. The molecule has 3 rings (SSSR count). The summed E-state index contributed by atoms with van der Waals surface area (Å²) >= 11 is 0. The number of fused-ring (bicyclic) bond motifs is 1. The van der Waals surface area contributed by atoms with Crippen LogP contribution < -0.4 is 16.0 Å². The summed E-state index contributed by atoms with van der Waals surface area (Å²) in [4.78, 5) is 27.6. The Morgan fingerprint density at radius 1 is 1.50 bits per heavy atom. The molecule has 22 heavy (non-hydrogen) atoms. The average Bonchev–Trinajstić information content (AvgIpc) is 3.00. The molecule has 1 aromatic heterocycles. The third kappa shape index (κ3) is 2.92. The van der Waals surface area contributed by atoms with E-state index in [0.717, 1.165) is 0 Å². The molecule has 120 valence electrons. The minimum Gasteiger partial charge on any atom is -0.382 e. The van der Waals surface area contributed by atoms with Crippen LogP contribution in [0.3, 0.4) is 0 Å². The van der Waals surface area contributed by atoms with Gasteiger partial charge >= 0.3 is 7.60 Å². The van der Waals surface area contributed by atoms with Crippen LogP contribution in [-0.2, 0) is 4.57 Å². The van der Waals surface area contributed by atoms with Crippen molar-refractivity contribution >= 4 is 24.9 Å². The first-order valence-electron chi connectivity index (χ1n) is 6.88. The zero-order valence-corrected chi connectivity index (χ0v) is 12.6. The third-order valence-electron chi connectivity index (χ3n) is 3.96. The molecule has 0 saturated carbocycles. The summed E-state index contributed by atoms with van der Waals surface area (Å²) in [5, 5.41) is 3.04. The monoisotopic (exact) mass is 329 g/mol. The van der Waals surface area contributed by atoms with Crippen molar-refractivity contribution in [1.29, 1.82) is 0 Å². The van der Waals surface area contributed by atoms with Gasteiger partial charge in [0.1, 0.15) is 17.8 Å². The van der Waals surface area contributed by atoms with Crippen molar-refractivity contribution in [3.05, 3.63) is 18.2 Å². The molecule has 8 nitrogen and oxygen atoms in total. The maximum Gasteiger partial charge on any atom is 0.325 e. The van der Waals surface area contributed by atoms with E-state index in [2.05, 4.69) is 15.3 Å². The van der Waals surface area contributed by atoms with Crippen LogP contribution in [0.4, 0.5) is 21.7 Å². The third-order valence-corrected chi connectivity index (χ3v) is 4.80. The molecule has 2 heterocycles. The Kier molecular flexibility index (Phi) is 3.80. The molecule has 0 spiro atoms. The first-order chi connectivity index (χ1) is 10.3. The Hall–Kier alpha value is -1.70. The molecule has 0 bridgehead atoms. The normalized spacial score (nSPS) is 24.1. The van der Waals surface area contributed by atoms with Crippen LogP contribution in [0.2, 0.25) is 0 Å². The molecule has 0 aromatic carbocycles. The molecule has 1 aliphatic heterocycles. The van der Waals surface area contributed by atoms with Gasteiger partial charge in [-0.15, -0.1) is 0 Å². The fourth-order valence-corrected chi connectivity index (χ4v) is 3.56. The van der Waals surface area contributed by atoms with E-state index < -0.39 is 13.6 Å². The van der Waals surface area contributed by atoms with Gasteiger partial charge in [-0.05, 0) is 24.8 Å². The fourth-order valence-electron chi connectivity index (χ4n) is 2.89. The van der Waals surface area contributed by atoms with Gasteiger partial charge in [0.15, 0.2) is 11.6 Å². The lowest BCUT2D eigenvalue weighted by atomic mass is 10.0. The highest BCUT2D eigenvalue weighted by atomic mass is 31.2. The van der Waals surface area contributed by atoms with Crippen LogP contribution in [-0.4, -0.2) is 38.6 Å². The van der Waals surface area contributed by atoms with Gasteiger partial charge in [0, 0.05) is 0 Å². The van der Waals surface area contributed by atoms with E-state index in [1.54, 1.807) is 4.90 Å². The number of allylic oxidation sites excluding steroid dienone is 1. The lowest BCUT2D eigenvalue weighted by Crippen LogP contribution is -2.35. The topological polar surface area (TPSA) is 125 Å². The molecule has 0 saturated heterocycles. The van der Waals surface area contributed by atoms with Crippen molar-refractivity contribution in [2.75, 3.05) is 28.8 Å². The van der Waals surface area contributed by atoms with Gasteiger partial charge < -0.3 is 25.7 Å². The van der Waals surface area contributed by atoms with Gasteiger partial charge in [-0.25, -0.2) is 14.4 Å². The summed E-state index contributed by atoms with van der Waals surface area (Å²) in [6.07, 6.45) is 3.25. The first kappa shape index (κ1) is 15.2. The lowest BCUT2D eigenvalue weighted by molar-refractivity contribution is 0.367. The van der Waals surface area contributed by atoms with Gasteiger partial charge in [0.05, 0.1) is 18.9 Å². The zero-order valence-electron chi connectivity index (χ0n) is 11.7. The van der Waals surface area contributed by atoms with Crippen molar-refractivity contribution in [3.63, 3.8) is 0 Å². The van der Waals surface area contributed by atoms with Crippen molar-refractivity contribution in [2.45, 2.75) is 18.9 Å². The summed E-state index contributed by atoms with van der Waals surface area (Å²) in [7, 11) is -4.06. The van der Waals surface area contributed by atoms with Gasteiger partial charge in [-0.1, -0.05) is 0 Å². The van der Waals surface area contributed by atoms with Crippen molar-refractivity contribution in [1.82, 2.24) is 9.97 Å². The second kappa shape index (κ2) is 5.49. The molecule has 5 N–H and O–H groups in total. The van der Waals surface area contributed by atoms with E-state index in [4.69, 9.17) is 15.5 Å². The number of aromatic nitrogens is 2. The fraction of sp³-hybridized carbons (Fsp3) is 0.500. The Morgan fingerprint density at radius 3 is 3.00 bits per heavy atom. The summed E-state index contributed by atoms with van der Waals surface area (Å²) in [5.74, 6) is 0.369. The first-order valence-corrected chi connectivity index (χ1v) is 8.67. The van der Waals surface area contributed by atoms with E-state index in [1.807, 2.05) is 0 Å². The van der Waals surface area contributed by atoms with E-state index in [0.29, 0.717) is 30.4 Å². The summed E-state index contributed by atoms with van der Waals surface area (Å²) in [6, 6.07) is -0.496. The summed E-state index contributed by atoms with van der Waals surface area (Å²) < 4.78 is 25.2. The van der Waals surface area contributed by atoms with Crippen LogP contribution in [0.5, 0.6) is 0 Å². The van der Waals surface area contributed by atoms with Crippen LogP contribution in [0.25, 0.3) is 0 Å². The molecule has 2 atom stereocenters. The molecule has 0 amide bonds. The lowest BCUT2D eigenvalue weighted by Gasteiger charge is -2.25. The van der Waals surface area contributed by atoms with Gasteiger partial charge in [0.25, 0.3) is 0 Å². The second-order valence-electron chi connectivity index (χ2n) is 5.50. The number of rotatable bonds is 4. The predicted octanol–water partition coefficient (Wildman–Crippen LogP) is 1.06. The second-order valence-corrected chi connectivity index (χ2v) is 7.28. The van der Waals surface area contributed by atoms with Crippen LogP contribution in [0, 0.1) is 5.92 Å². The molecule has 1 aliphatic carbocycles. The Bertz CT molecular complexity index is 664. The van der Waals surface area contributed by atoms with Crippen molar-refractivity contribution < 1.29 is 18.7 Å². The molecular formula is C12H17FN5O3P. The highest BCUT2D eigenvalue weighted by Gasteiger charge is 2.37. The van der Waals surface area contributed by atoms with Gasteiger partial charge in [-0.2, -0.15) is 0 Å². The smallest absolute Gasteiger partial charge is 0.325 e. The average molecular weight is 329 g/mol. The number of hydrogen-bond acceptors (Lipinski definition) is 6. The van der Waals surface area contributed by atoms with E-state index in [9.17, 15) is 8.96 Å². The zero-order chi connectivity index (χ0) is 15.9. The number of nitrogens with two attached hydrogens (primary N) is 1. The number of halogens is 1. The molecule has 0 unspecified atom stereocenters. The van der Waals surface area contributed by atoms with Crippen molar-refractivity contribution in [3.8, 4) is 0 Å². The number of anilines is 3. The number of nitrogens with one attached hydrogen (secondary N) is 1. The maximum atomic E-state index is 14.2. The van der Waals surface area contributed by atoms with E-state index >= 15 is 0 Å². The standard InChI is InChI=1S/C12H17FN5O3P/c13-8-3-7(1-2-22(19,20)21)4-9(8)18-6-17-10-11(14)15-5-16-12(10)18/h3,5,7,9,17H,1-2,4,6H2,(H2,14,15,16)(H2,19,20,21)/t7-,9-/m1/s1. The minimum atomic E-state index is -4.06. The van der Waals surface area contributed by atoms with Crippen LogP contribution in [0.15, 0.2) is 18.2 Å². The summed E-state index contributed by atoms with van der Waals surface area (Å²) in [6.45, 7) is 0.370. The molecular weight excluding hydrogens is 312 g/mol. The molecule has 10 heteroatoms. The minimum absolute atomic E-state index is 0.194. The highest BCUT2D eigenvalue weighted by molar-refractivity contribution is 7.51. The quantitative estimate of drug-likeness (QED) is 0.604. The largest absolute Gasteiger partial charge is 0.382 e. The van der Waals surface area contributed by atoms with E-state index in [1.165, 1.54) is 12.4 Å².